The minimum atomic E-state index is -0.159. The third-order valence-corrected chi connectivity index (χ3v) is 2.48. The Bertz CT molecular complexity index is 558. The van der Waals surface area contributed by atoms with Gasteiger partial charge in [-0.2, -0.15) is 4.99 Å². The van der Waals surface area contributed by atoms with Gasteiger partial charge in [0.15, 0.2) is 5.96 Å². The van der Waals surface area contributed by atoms with Gasteiger partial charge in [-0.3, -0.25) is 4.79 Å². The number of aryl methyl sites for hydroxylation is 1. The number of carbonyl (C=O) groups excluding carboxylic acids is 1. The molecular formula is C13H20N6O. The van der Waals surface area contributed by atoms with E-state index in [0.29, 0.717) is 11.4 Å². The predicted octanol–water partition coefficient (Wildman–Crippen LogP) is 0.809. The van der Waals surface area contributed by atoms with Gasteiger partial charge in [-0.25, -0.2) is 4.99 Å². The summed E-state index contributed by atoms with van der Waals surface area (Å²) in [5.41, 5.74) is 18.2. The van der Waals surface area contributed by atoms with Crippen molar-refractivity contribution in [3.8, 4) is 0 Å². The minimum Gasteiger partial charge on any atom is -0.370 e. The van der Waals surface area contributed by atoms with Crippen LogP contribution in [0.2, 0.25) is 0 Å². The number of guanidine groups is 2. The Balaban J connectivity index is 3.04. The quantitative estimate of drug-likeness (QED) is 0.480. The Kier molecular flexibility index (Phi) is 5.08. The standard InChI is InChI=1S/C13H20N6O/c1-7(2)11(20)17-9-5-4-8(3)10(6-9)18-13(16)19-12(14)15/h4-7H,1-3H3,(H,17,20)(H6,14,15,16,18,19). The number of amides is 1. The lowest BCUT2D eigenvalue weighted by molar-refractivity contribution is -0.118. The van der Waals surface area contributed by atoms with Crippen LogP contribution in [0.3, 0.4) is 0 Å². The lowest BCUT2D eigenvalue weighted by Gasteiger charge is -2.09. The highest BCUT2D eigenvalue weighted by Crippen LogP contribution is 2.23. The first-order valence-electron chi connectivity index (χ1n) is 6.15. The lowest BCUT2D eigenvalue weighted by Crippen LogP contribution is -2.26. The first kappa shape index (κ1) is 15.5. The summed E-state index contributed by atoms with van der Waals surface area (Å²) in [7, 11) is 0. The summed E-state index contributed by atoms with van der Waals surface area (Å²) in [6.07, 6.45) is 0. The Morgan fingerprint density at radius 1 is 1.25 bits per heavy atom. The Morgan fingerprint density at radius 2 is 1.90 bits per heavy atom. The summed E-state index contributed by atoms with van der Waals surface area (Å²) in [4.78, 5) is 19.4. The maximum absolute atomic E-state index is 11.6. The number of aliphatic imine (C=N–C) groups is 2. The maximum Gasteiger partial charge on any atom is 0.226 e. The monoisotopic (exact) mass is 276 g/mol. The molecule has 0 radical (unpaired) electrons. The highest BCUT2D eigenvalue weighted by Gasteiger charge is 2.08. The van der Waals surface area contributed by atoms with Gasteiger partial charge in [0.1, 0.15) is 0 Å². The molecule has 7 heteroatoms. The van der Waals surface area contributed by atoms with Gasteiger partial charge < -0.3 is 22.5 Å². The molecular weight excluding hydrogens is 256 g/mol. The molecule has 1 aromatic rings. The molecule has 0 heterocycles. The molecule has 7 nitrogen and oxygen atoms in total. The van der Waals surface area contributed by atoms with E-state index < -0.39 is 0 Å². The molecule has 20 heavy (non-hydrogen) atoms. The summed E-state index contributed by atoms with van der Waals surface area (Å²) in [6, 6.07) is 5.34. The van der Waals surface area contributed by atoms with Crippen molar-refractivity contribution >= 4 is 29.2 Å². The third-order valence-electron chi connectivity index (χ3n) is 2.48. The van der Waals surface area contributed by atoms with Crippen LogP contribution in [-0.4, -0.2) is 17.8 Å². The molecule has 0 fully saturated rings. The maximum atomic E-state index is 11.6. The van der Waals surface area contributed by atoms with Crippen LogP contribution in [0.1, 0.15) is 19.4 Å². The van der Waals surface area contributed by atoms with Gasteiger partial charge in [-0.15, -0.1) is 0 Å². The van der Waals surface area contributed by atoms with Gasteiger partial charge in [0, 0.05) is 11.6 Å². The number of nitrogens with one attached hydrogen (secondary N) is 1. The number of nitrogens with zero attached hydrogens (tertiary/aromatic N) is 2. The van der Waals surface area contributed by atoms with Crippen molar-refractivity contribution < 1.29 is 4.79 Å². The van der Waals surface area contributed by atoms with Crippen LogP contribution in [0.4, 0.5) is 11.4 Å². The summed E-state index contributed by atoms with van der Waals surface area (Å²) >= 11 is 0. The van der Waals surface area contributed by atoms with Gasteiger partial charge in [0.2, 0.25) is 11.9 Å². The van der Waals surface area contributed by atoms with Gasteiger partial charge in [-0.05, 0) is 24.6 Å². The van der Waals surface area contributed by atoms with E-state index in [1.807, 2.05) is 26.8 Å². The molecule has 0 atom stereocenters. The van der Waals surface area contributed by atoms with Crippen molar-refractivity contribution in [1.82, 2.24) is 0 Å². The Morgan fingerprint density at radius 3 is 2.45 bits per heavy atom. The van der Waals surface area contributed by atoms with Gasteiger partial charge in [-0.1, -0.05) is 19.9 Å². The lowest BCUT2D eigenvalue weighted by atomic mass is 10.1. The molecule has 0 saturated carbocycles. The van der Waals surface area contributed by atoms with Gasteiger partial charge in [0.25, 0.3) is 0 Å². The summed E-state index contributed by atoms with van der Waals surface area (Å²) < 4.78 is 0. The van der Waals surface area contributed by atoms with E-state index in [0.717, 1.165) is 5.56 Å². The largest absolute Gasteiger partial charge is 0.370 e. The second-order valence-electron chi connectivity index (χ2n) is 4.65. The van der Waals surface area contributed by atoms with Crippen LogP contribution in [0.5, 0.6) is 0 Å². The molecule has 7 N–H and O–H groups in total. The summed E-state index contributed by atoms with van der Waals surface area (Å²) in [6.45, 7) is 5.51. The van der Waals surface area contributed by atoms with Crippen molar-refractivity contribution in [3.63, 3.8) is 0 Å². The van der Waals surface area contributed by atoms with Crippen LogP contribution in [0.25, 0.3) is 0 Å². The Hall–Kier alpha value is -2.57. The number of hydrogen-bond donors (Lipinski definition) is 4. The van der Waals surface area contributed by atoms with Crippen LogP contribution in [0.15, 0.2) is 28.2 Å². The summed E-state index contributed by atoms with van der Waals surface area (Å²) in [5.74, 6) is -0.371. The normalized spacial score (nSPS) is 11.3. The third kappa shape index (κ3) is 4.60. The molecule has 0 aliphatic heterocycles. The van der Waals surface area contributed by atoms with Crippen molar-refractivity contribution in [2.24, 2.45) is 33.1 Å². The number of nitrogens with two attached hydrogens (primary N) is 3. The first-order valence-corrected chi connectivity index (χ1v) is 6.15. The zero-order valence-corrected chi connectivity index (χ0v) is 11.8. The van der Waals surface area contributed by atoms with E-state index in [1.165, 1.54) is 0 Å². The summed E-state index contributed by atoms with van der Waals surface area (Å²) in [5, 5.41) is 2.79. The topological polar surface area (TPSA) is 132 Å². The number of hydrogen-bond acceptors (Lipinski definition) is 2. The second-order valence-corrected chi connectivity index (χ2v) is 4.65. The van der Waals surface area contributed by atoms with Crippen molar-refractivity contribution in [2.45, 2.75) is 20.8 Å². The fourth-order valence-corrected chi connectivity index (χ4v) is 1.37. The molecule has 108 valence electrons. The zero-order valence-electron chi connectivity index (χ0n) is 11.8. The van der Waals surface area contributed by atoms with Crippen LogP contribution < -0.4 is 22.5 Å². The van der Waals surface area contributed by atoms with E-state index >= 15 is 0 Å². The molecule has 0 bridgehead atoms. The first-order chi connectivity index (χ1) is 9.29. The molecule has 0 aliphatic rings. The van der Waals surface area contributed by atoms with E-state index in [9.17, 15) is 4.79 Å². The minimum absolute atomic E-state index is 0.0413. The van der Waals surface area contributed by atoms with E-state index in [1.54, 1.807) is 12.1 Å². The molecule has 1 rings (SSSR count). The zero-order chi connectivity index (χ0) is 15.3. The van der Waals surface area contributed by atoms with Crippen LogP contribution in [0, 0.1) is 12.8 Å². The molecule has 0 aromatic heterocycles. The van der Waals surface area contributed by atoms with Crippen LogP contribution in [-0.2, 0) is 4.79 Å². The van der Waals surface area contributed by atoms with E-state index in [4.69, 9.17) is 17.2 Å². The van der Waals surface area contributed by atoms with Crippen molar-refractivity contribution in [2.75, 3.05) is 5.32 Å². The second kappa shape index (κ2) is 6.55. The van der Waals surface area contributed by atoms with Gasteiger partial charge >= 0.3 is 0 Å². The number of anilines is 1. The number of carbonyl (C=O) groups is 1. The Labute approximate surface area is 118 Å². The van der Waals surface area contributed by atoms with Crippen molar-refractivity contribution in [1.29, 1.82) is 0 Å². The fraction of sp³-hybridized carbons (Fsp3) is 0.308. The molecule has 0 saturated heterocycles. The predicted molar refractivity (Wildman–Crippen MR) is 81.7 cm³/mol. The fourth-order valence-electron chi connectivity index (χ4n) is 1.37. The number of benzene rings is 1. The molecule has 0 aliphatic carbocycles. The molecule has 1 aromatic carbocycles. The van der Waals surface area contributed by atoms with Crippen molar-refractivity contribution in [3.05, 3.63) is 23.8 Å². The van der Waals surface area contributed by atoms with E-state index in [2.05, 4.69) is 15.3 Å². The van der Waals surface area contributed by atoms with E-state index in [-0.39, 0.29) is 23.7 Å². The highest BCUT2D eigenvalue weighted by atomic mass is 16.1. The SMILES string of the molecule is Cc1ccc(NC(=O)C(C)C)cc1N=C(N)N=C(N)N. The molecule has 0 spiro atoms. The highest BCUT2D eigenvalue weighted by molar-refractivity contribution is 5.95. The smallest absolute Gasteiger partial charge is 0.226 e. The average Bonchev–Trinajstić information content (AvgIpc) is 2.32. The molecule has 0 unspecified atom stereocenters. The van der Waals surface area contributed by atoms with Gasteiger partial charge in [0.05, 0.1) is 5.69 Å². The average molecular weight is 276 g/mol. The number of rotatable bonds is 3. The van der Waals surface area contributed by atoms with Crippen LogP contribution >= 0.6 is 0 Å². The molecule has 1 amide bonds.